The second kappa shape index (κ2) is 11.0. The van der Waals surface area contributed by atoms with Crippen molar-refractivity contribution in [2.24, 2.45) is 0 Å². The lowest BCUT2D eigenvalue weighted by molar-refractivity contribution is -0.0347. The van der Waals surface area contributed by atoms with Crippen molar-refractivity contribution in [3.63, 3.8) is 0 Å². The number of rotatable bonds is 12. The Labute approximate surface area is 106 Å². The summed E-state index contributed by atoms with van der Waals surface area (Å²) in [6.07, 6.45) is 3.68. The second-order valence-electron chi connectivity index (χ2n) is 4.06. The fourth-order valence-corrected chi connectivity index (χ4v) is 1.34. The SMILES string of the molecule is CCCO[B-](OCCC)(OCCC)OCCC. The highest BCUT2D eigenvalue weighted by Crippen LogP contribution is 2.14. The van der Waals surface area contributed by atoms with E-state index in [4.69, 9.17) is 18.6 Å². The molecule has 0 atom stereocenters. The van der Waals surface area contributed by atoms with Gasteiger partial charge in [-0.05, 0) is 25.7 Å². The highest BCUT2D eigenvalue weighted by molar-refractivity contribution is 6.53. The smallest absolute Gasteiger partial charge is 0.518 e. The number of hydrogen-bond acceptors (Lipinski definition) is 4. The van der Waals surface area contributed by atoms with Crippen molar-refractivity contribution in [1.82, 2.24) is 0 Å². The molecule has 5 heteroatoms. The molecule has 0 saturated carbocycles. The Morgan fingerprint density at radius 3 is 0.941 bits per heavy atom. The fourth-order valence-electron chi connectivity index (χ4n) is 1.34. The van der Waals surface area contributed by atoms with Gasteiger partial charge in [0, 0.05) is 26.4 Å². The summed E-state index contributed by atoms with van der Waals surface area (Å²) in [7, 11) is 0. The van der Waals surface area contributed by atoms with Crippen molar-refractivity contribution in [3.05, 3.63) is 0 Å². The Kier molecular flexibility index (Phi) is 11.0. The third-order valence-electron chi connectivity index (χ3n) is 2.10. The van der Waals surface area contributed by atoms with Gasteiger partial charge in [-0.3, -0.25) is 0 Å². The first-order chi connectivity index (χ1) is 8.24. The third-order valence-corrected chi connectivity index (χ3v) is 2.10. The van der Waals surface area contributed by atoms with Crippen molar-refractivity contribution < 1.29 is 18.6 Å². The molecule has 0 N–H and O–H groups in total. The summed E-state index contributed by atoms with van der Waals surface area (Å²) >= 11 is 0. The first-order valence-corrected chi connectivity index (χ1v) is 6.93. The molecule has 17 heavy (non-hydrogen) atoms. The lowest BCUT2D eigenvalue weighted by Gasteiger charge is -2.41. The molecule has 104 valence electrons. The van der Waals surface area contributed by atoms with E-state index in [2.05, 4.69) is 27.7 Å². The lowest BCUT2D eigenvalue weighted by Crippen LogP contribution is -2.50. The van der Waals surface area contributed by atoms with Crippen LogP contribution in [0.15, 0.2) is 0 Å². The summed E-state index contributed by atoms with van der Waals surface area (Å²) in [5.74, 6) is 0. The molecular formula is C12H28BO4-. The minimum absolute atomic E-state index is 0.594. The van der Waals surface area contributed by atoms with E-state index in [-0.39, 0.29) is 0 Å². The molecule has 0 aromatic rings. The average molecular weight is 247 g/mol. The molecule has 0 aromatic heterocycles. The van der Waals surface area contributed by atoms with Crippen molar-refractivity contribution >= 4 is 6.96 Å². The normalized spacial score (nSPS) is 12.0. The predicted octanol–water partition coefficient (Wildman–Crippen LogP) is 3.13. The van der Waals surface area contributed by atoms with E-state index in [9.17, 15) is 0 Å². The maximum Gasteiger partial charge on any atom is 0.531 e. The van der Waals surface area contributed by atoms with E-state index in [0.29, 0.717) is 26.4 Å². The minimum atomic E-state index is -2.01. The Bertz CT molecular complexity index is 129. The zero-order valence-corrected chi connectivity index (χ0v) is 11.9. The van der Waals surface area contributed by atoms with Crippen molar-refractivity contribution in [2.45, 2.75) is 53.4 Å². The summed E-state index contributed by atoms with van der Waals surface area (Å²) in [6.45, 7) is 8.59. The Morgan fingerprint density at radius 2 is 0.765 bits per heavy atom. The highest BCUT2D eigenvalue weighted by atomic mass is 16.9. The van der Waals surface area contributed by atoms with Gasteiger partial charge in [0.15, 0.2) is 0 Å². The maximum absolute atomic E-state index is 5.68. The zero-order valence-electron chi connectivity index (χ0n) is 11.9. The predicted molar refractivity (Wildman–Crippen MR) is 70.7 cm³/mol. The van der Waals surface area contributed by atoms with Crippen LogP contribution >= 0.6 is 0 Å². The largest absolute Gasteiger partial charge is 0.531 e. The molecule has 0 fully saturated rings. The molecule has 0 aromatic carbocycles. The van der Waals surface area contributed by atoms with Crippen LogP contribution < -0.4 is 0 Å². The first-order valence-electron chi connectivity index (χ1n) is 6.93. The van der Waals surface area contributed by atoms with Crippen LogP contribution in [0.4, 0.5) is 0 Å². The first kappa shape index (κ1) is 16.9. The van der Waals surface area contributed by atoms with Crippen LogP contribution in [0.1, 0.15) is 53.4 Å². The third kappa shape index (κ3) is 7.76. The summed E-state index contributed by atoms with van der Waals surface area (Å²) in [6, 6.07) is 0. The van der Waals surface area contributed by atoms with Crippen LogP contribution in [0.25, 0.3) is 0 Å². The van der Waals surface area contributed by atoms with Gasteiger partial charge in [0.1, 0.15) is 0 Å². The maximum atomic E-state index is 5.68. The minimum Gasteiger partial charge on any atom is -0.518 e. The van der Waals surface area contributed by atoms with E-state index >= 15 is 0 Å². The summed E-state index contributed by atoms with van der Waals surface area (Å²) in [5.41, 5.74) is 0. The highest BCUT2D eigenvalue weighted by Gasteiger charge is 2.31. The Morgan fingerprint density at radius 1 is 0.529 bits per heavy atom. The second-order valence-corrected chi connectivity index (χ2v) is 4.06. The molecule has 0 spiro atoms. The monoisotopic (exact) mass is 247 g/mol. The molecule has 0 amide bonds. The quantitative estimate of drug-likeness (QED) is 0.496. The zero-order chi connectivity index (χ0) is 13.0. The van der Waals surface area contributed by atoms with Gasteiger partial charge < -0.3 is 18.6 Å². The van der Waals surface area contributed by atoms with Crippen LogP contribution in [0.3, 0.4) is 0 Å². The van der Waals surface area contributed by atoms with Gasteiger partial charge in [0.05, 0.1) is 0 Å². The van der Waals surface area contributed by atoms with E-state index in [1.807, 2.05) is 0 Å². The molecule has 4 nitrogen and oxygen atoms in total. The molecule has 0 rings (SSSR count). The topological polar surface area (TPSA) is 36.9 Å². The molecule has 0 unspecified atom stereocenters. The number of hydrogen-bond donors (Lipinski definition) is 0. The van der Waals surface area contributed by atoms with E-state index in [0.717, 1.165) is 25.7 Å². The van der Waals surface area contributed by atoms with E-state index in [1.165, 1.54) is 0 Å². The van der Waals surface area contributed by atoms with Crippen molar-refractivity contribution in [1.29, 1.82) is 0 Å². The molecule has 0 heterocycles. The van der Waals surface area contributed by atoms with Gasteiger partial charge in [0.25, 0.3) is 0 Å². The van der Waals surface area contributed by atoms with Crippen molar-refractivity contribution in [3.8, 4) is 0 Å². The van der Waals surface area contributed by atoms with Crippen LogP contribution in [-0.4, -0.2) is 33.4 Å². The average Bonchev–Trinajstić information content (AvgIpc) is 2.37. The van der Waals surface area contributed by atoms with Gasteiger partial charge in [-0.2, -0.15) is 0 Å². The summed E-state index contributed by atoms with van der Waals surface area (Å²) in [5, 5.41) is 0. The van der Waals surface area contributed by atoms with Crippen molar-refractivity contribution in [2.75, 3.05) is 26.4 Å². The van der Waals surface area contributed by atoms with E-state index in [1.54, 1.807) is 0 Å². The van der Waals surface area contributed by atoms with Gasteiger partial charge in [0.2, 0.25) is 0 Å². The molecule has 0 bridgehead atoms. The lowest BCUT2D eigenvalue weighted by atomic mass is 10.0. The van der Waals surface area contributed by atoms with Crippen LogP contribution in [0.5, 0.6) is 0 Å². The molecule has 0 aliphatic carbocycles. The molecular weight excluding hydrogens is 219 g/mol. The Hall–Kier alpha value is -0.0951. The molecule has 0 aliphatic rings. The van der Waals surface area contributed by atoms with Crippen LogP contribution in [0.2, 0.25) is 0 Å². The van der Waals surface area contributed by atoms with Gasteiger partial charge in [-0.1, -0.05) is 27.7 Å². The molecule has 0 saturated heterocycles. The Balaban J connectivity index is 4.39. The van der Waals surface area contributed by atoms with Gasteiger partial charge in [-0.15, -0.1) is 0 Å². The molecule has 0 aliphatic heterocycles. The van der Waals surface area contributed by atoms with Crippen LogP contribution in [-0.2, 0) is 18.6 Å². The van der Waals surface area contributed by atoms with Crippen LogP contribution in [0, 0.1) is 0 Å². The standard InChI is InChI=1S/C12H28BO4/c1-5-9-14-13(15-10-6-2,16-11-7-3)17-12-8-4/h5-12H2,1-4H3/q-1. The molecule has 0 radical (unpaired) electrons. The van der Waals surface area contributed by atoms with Gasteiger partial charge in [-0.25, -0.2) is 0 Å². The van der Waals surface area contributed by atoms with Gasteiger partial charge >= 0.3 is 6.96 Å². The summed E-state index contributed by atoms with van der Waals surface area (Å²) < 4.78 is 22.7. The van der Waals surface area contributed by atoms with E-state index < -0.39 is 6.96 Å². The fraction of sp³-hybridized carbons (Fsp3) is 1.00. The summed E-state index contributed by atoms with van der Waals surface area (Å²) in [4.78, 5) is 0.